The summed E-state index contributed by atoms with van der Waals surface area (Å²) in [5.41, 5.74) is 0.777. The maximum absolute atomic E-state index is 12.7. The molecule has 0 radical (unpaired) electrons. The fourth-order valence-electron chi connectivity index (χ4n) is 3.17. The van der Waals surface area contributed by atoms with Crippen LogP contribution >= 0.6 is 11.8 Å². The van der Waals surface area contributed by atoms with Gasteiger partial charge < -0.3 is 10.2 Å². The number of nitrogens with zero attached hydrogens (tertiary/aromatic N) is 1. The van der Waals surface area contributed by atoms with Crippen molar-refractivity contribution in [3.05, 3.63) is 24.3 Å². The smallest absolute Gasteiger partial charge is 0.235 e. The van der Waals surface area contributed by atoms with Crippen LogP contribution in [-0.2, 0) is 9.59 Å². The lowest BCUT2D eigenvalue weighted by Gasteiger charge is -2.36. The third-order valence-electron chi connectivity index (χ3n) is 4.02. The second kappa shape index (κ2) is 7.86. The Morgan fingerprint density at radius 1 is 1.17 bits per heavy atom. The Hall–Kier alpha value is -1.49. The molecule has 23 heavy (non-hydrogen) atoms. The lowest BCUT2D eigenvalue weighted by Crippen LogP contribution is -2.45. The first kappa shape index (κ1) is 17.9. The number of carbonyl (C=O) groups excluding carboxylic acids is 2. The predicted octanol–water partition coefficient (Wildman–Crippen LogP) is 3.63. The monoisotopic (exact) mass is 334 g/mol. The molecule has 1 N–H and O–H groups in total. The summed E-state index contributed by atoms with van der Waals surface area (Å²) in [6.45, 7) is 9.64. The zero-order valence-corrected chi connectivity index (χ0v) is 15.2. The summed E-state index contributed by atoms with van der Waals surface area (Å²) < 4.78 is 0. The van der Waals surface area contributed by atoms with Gasteiger partial charge in [0.15, 0.2) is 0 Å². The van der Waals surface area contributed by atoms with Crippen molar-refractivity contribution in [2.75, 3.05) is 18.4 Å². The number of amides is 2. The largest absolute Gasteiger partial charge is 0.341 e. The van der Waals surface area contributed by atoms with E-state index in [1.807, 2.05) is 36.1 Å². The number of hydrogen-bond acceptors (Lipinski definition) is 3. The topological polar surface area (TPSA) is 49.4 Å². The second-order valence-corrected chi connectivity index (χ2v) is 8.07. The fourth-order valence-corrected chi connectivity index (χ4v) is 4.13. The molecule has 0 unspecified atom stereocenters. The summed E-state index contributed by atoms with van der Waals surface area (Å²) in [6, 6.07) is 7.63. The van der Waals surface area contributed by atoms with Crippen molar-refractivity contribution < 1.29 is 9.59 Å². The normalized spacial score (nSPS) is 22.5. The highest BCUT2D eigenvalue weighted by atomic mass is 32.2. The fraction of sp³-hybridized carbons (Fsp3) is 0.556. The maximum atomic E-state index is 12.7. The second-order valence-electron chi connectivity index (χ2n) is 6.65. The zero-order chi connectivity index (χ0) is 17.0. The van der Waals surface area contributed by atoms with E-state index in [1.165, 1.54) is 13.3 Å². The van der Waals surface area contributed by atoms with Crippen molar-refractivity contribution in [1.82, 2.24) is 4.90 Å². The molecular formula is C18H26N2O2S. The van der Waals surface area contributed by atoms with Crippen LogP contribution < -0.4 is 5.32 Å². The Morgan fingerprint density at radius 3 is 2.26 bits per heavy atom. The molecular weight excluding hydrogens is 308 g/mol. The van der Waals surface area contributed by atoms with E-state index < -0.39 is 0 Å². The number of thioether (sulfide) groups is 1. The highest BCUT2D eigenvalue weighted by molar-refractivity contribution is 8.00. The molecule has 1 aliphatic heterocycles. The molecule has 4 nitrogen and oxygen atoms in total. The van der Waals surface area contributed by atoms with Crippen molar-refractivity contribution in [3.63, 3.8) is 0 Å². The van der Waals surface area contributed by atoms with Crippen molar-refractivity contribution in [2.45, 2.75) is 44.3 Å². The summed E-state index contributed by atoms with van der Waals surface area (Å²) in [4.78, 5) is 26.7. The zero-order valence-electron chi connectivity index (χ0n) is 14.3. The van der Waals surface area contributed by atoms with Gasteiger partial charge in [-0.15, -0.1) is 11.8 Å². The van der Waals surface area contributed by atoms with Crippen LogP contribution in [0.2, 0.25) is 0 Å². The molecule has 1 aromatic carbocycles. The van der Waals surface area contributed by atoms with E-state index in [9.17, 15) is 9.59 Å². The molecule has 5 heteroatoms. The molecule has 2 rings (SSSR count). The Morgan fingerprint density at radius 2 is 1.74 bits per heavy atom. The van der Waals surface area contributed by atoms with Crippen LogP contribution in [0.4, 0.5) is 5.69 Å². The van der Waals surface area contributed by atoms with Gasteiger partial charge >= 0.3 is 0 Å². The van der Waals surface area contributed by atoms with Gasteiger partial charge in [0.2, 0.25) is 11.8 Å². The molecule has 0 spiro atoms. The molecule has 0 aliphatic carbocycles. The van der Waals surface area contributed by atoms with Gasteiger partial charge in [-0.1, -0.05) is 13.8 Å². The van der Waals surface area contributed by atoms with Crippen LogP contribution in [0.3, 0.4) is 0 Å². The standard InChI is InChI=1S/C18H26N2O2S/c1-12-9-13(2)11-20(10-12)18(22)14(3)23-17-7-5-16(6-8-17)19-15(4)21/h5-8,12-14H,9-11H2,1-4H3,(H,19,21)/t12-,13+,14-/m1/s1. The number of nitrogens with one attached hydrogen (secondary N) is 1. The predicted molar refractivity (Wildman–Crippen MR) is 95.6 cm³/mol. The lowest BCUT2D eigenvalue weighted by atomic mass is 9.92. The lowest BCUT2D eigenvalue weighted by molar-refractivity contribution is -0.133. The van der Waals surface area contributed by atoms with Crippen molar-refractivity contribution in [1.29, 1.82) is 0 Å². The molecule has 0 bridgehead atoms. The van der Waals surface area contributed by atoms with E-state index in [0.29, 0.717) is 11.8 Å². The number of likely N-dealkylation sites (tertiary alicyclic amines) is 1. The van der Waals surface area contributed by atoms with Gasteiger partial charge in [0.05, 0.1) is 5.25 Å². The minimum Gasteiger partial charge on any atom is -0.341 e. The SMILES string of the molecule is CC(=O)Nc1ccc(S[C@H](C)C(=O)N2C[C@H](C)C[C@H](C)C2)cc1. The summed E-state index contributed by atoms with van der Waals surface area (Å²) in [7, 11) is 0. The van der Waals surface area contributed by atoms with Crippen molar-refractivity contribution in [3.8, 4) is 0 Å². The van der Waals surface area contributed by atoms with Crippen LogP contribution in [0.25, 0.3) is 0 Å². The molecule has 1 aromatic rings. The third kappa shape index (κ3) is 5.27. The number of anilines is 1. The third-order valence-corrected chi connectivity index (χ3v) is 5.12. The van der Waals surface area contributed by atoms with Gasteiger partial charge in [0.25, 0.3) is 0 Å². The quantitative estimate of drug-likeness (QED) is 0.856. The van der Waals surface area contributed by atoms with Crippen LogP contribution in [0.5, 0.6) is 0 Å². The van der Waals surface area contributed by atoms with Gasteiger partial charge in [-0.3, -0.25) is 9.59 Å². The van der Waals surface area contributed by atoms with E-state index in [4.69, 9.17) is 0 Å². The first-order valence-electron chi connectivity index (χ1n) is 8.18. The minimum atomic E-state index is -0.0980. The maximum Gasteiger partial charge on any atom is 0.235 e. The first-order valence-corrected chi connectivity index (χ1v) is 9.06. The minimum absolute atomic E-state index is 0.0812. The van der Waals surface area contributed by atoms with Gasteiger partial charge in [0, 0.05) is 30.6 Å². The molecule has 2 amide bonds. The van der Waals surface area contributed by atoms with Gasteiger partial charge in [-0.2, -0.15) is 0 Å². The van der Waals surface area contributed by atoms with Crippen molar-refractivity contribution in [2.24, 2.45) is 11.8 Å². The van der Waals surface area contributed by atoms with Crippen LogP contribution in [0.1, 0.15) is 34.1 Å². The Balaban J connectivity index is 1.94. The Bertz CT molecular complexity index is 549. The molecule has 3 atom stereocenters. The number of carbonyl (C=O) groups is 2. The summed E-state index contributed by atoms with van der Waals surface area (Å²) >= 11 is 1.57. The number of hydrogen-bond donors (Lipinski definition) is 1. The van der Waals surface area contributed by atoms with E-state index in [0.717, 1.165) is 23.7 Å². The molecule has 126 valence electrons. The highest BCUT2D eigenvalue weighted by Gasteiger charge is 2.28. The van der Waals surface area contributed by atoms with Crippen molar-refractivity contribution >= 4 is 29.3 Å². The van der Waals surface area contributed by atoms with Gasteiger partial charge in [-0.05, 0) is 49.4 Å². The molecule has 0 saturated carbocycles. The van der Waals surface area contributed by atoms with E-state index >= 15 is 0 Å². The van der Waals surface area contributed by atoms with Crippen LogP contribution in [0, 0.1) is 11.8 Å². The Labute approximate surface area is 143 Å². The van der Waals surface area contributed by atoms with E-state index in [2.05, 4.69) is 19.2 Å². The van der Waals surface area contributed by atoms with Crippen LogP contribution in [-0.4, -0.2) is 35.1 Å². The summed E-state index contributed by atoms with van der Waals surface area (Å²) in [5, 5.41) is 2.65. The molecule has 1 fully saturated rings. The summed E-state index contributed by atoms with van der Waals surface area (Å²) in [6.07, 6.45) is 1.20. The number of rotatable bonds is 4. The van der Waals surface area contributed by atoms with E-state index in [1.54, 1.807) is 11.8 Å². The number of piperidine rings is 1. The average Bonchev–Trinajstić information content (AvgIpc) is 2.47. The van der Waals surface area contributed by atoms with E-state index in [-0.39, 0.29) is 17.1 Å². The molecule has 1 heterocycles. The summed E-state index contributed by atoms with van der Waals surface area (Å²) in [5.74, 6) is 1.30. The molecule has 0 aromatic heterocycles. The highest BCUT2D eigenvalue weighted by Crippen LogP contribution is 2.28. The molecule has 1 saturated heterocycles. The Kier molecular flexibility index (Phi) is 6.10. The van der Waals surface area contributed by atoms with Crippen LogP contribution in [0.15, 0.2) is 29.2 Å². The van der Waals surface area contributed by atoms with Gasteiger partial charge in [0.1, 0.15) is 0 Å². The number of benzene rings is 1. The molecule has 1 aliphatic rings. The van der Waals surface area contributed by atoms with Gasteiger partial charge in [-0.25, -0.2) is 0 Å². The first-order chi connectivity index (χ1) is 10.8. The average molecular weight is 334 g/mol.